The third kappa shape index (κ3) is 6.32. The van der Waals surface area contributed by atoms with Crippen LogP contribution < -0.4 is 10.6 Å². The van der Waals surface area contributed by atoms with Gasteiger partial charge in [-0.15, -0.1) is 10.2 Å². The molecule has 0 aliphatic rings. The van der Waals surface area contributed by atoms with E-state index in [-0.39, 0.29) is 6.04 Å². The highest BCUT2D eigenvalue weighted by atomic mass is 35.5. The van der Waals surface area contributed by atoms with Crippen LogP contribution in [0.25, 0.3) is 0 Å². The molecule has 0 saturated carbocycles. The van der Waals surface area contributed by atoms with Crippen LogP contribution in [0.5, 0.6) is 0 Å². The Hall–Kier alpha value is -2.86. The predicted octanol–water partition coefficient (Wildman–Crippen LogP) is 3.99. The molecule has 0 spiro atoms. The van der Waals surface area contributed by atoms with E-state index in [0.717, 1.165) is 40.9 Å². The van der Waals surface area contributed by atoms with Gasteiger partial charge in [-0.2, -0.15) is 0 Å². The average Bonchev–Trinajstić information content (AvgIpc) is 3.20. The summed E-state index contributed by atoms with van der Waals surface area (Å²) in [6.45, 7) is 6.27. The molecule has 0 aliphatic carbocycles. The van der Waals surface area contributed by atoms with E-state index < -0.39 is 0 Å². The maximum Gasteiger partial charge on any atom is 0.192 e. The minimum atomic E-state index is 0.0665. The molecule has 1 aromatic heterocycles. The number of aryl methyl sites for hydroxylation is 1. The molecule has 1 unspecified atom stereocenters. The molecule has 1 heterocycles. The van der Waals surface area contributed by atoms with Crippen LogP contribution >= 0.6 is 11.6 Å². The highest BCUT2D eigenvalue weighted by Gasteiger charge is 2.09. The Balaban J connectivity index is 1.67. The van der Waals surface area contributed by atoms with Gasteiger partial charge in [0.2, 0.25) is 0 Å². The van der Waals surface area contributed by atoms with Crippen LogP contribution in [0.2, 0.25) is 5.02 Å². The van der Waals surface area contributed by atoms with E-state index >= 15 is 0 Å². The summed E-state index contributed by atoms with van der Waals surface area (Å²) < 4.78 is 2.06. The van der Waals surface area contributed by atoms with Crippen molar-refractivity contribution in [2.75, 3.05) is 6.54 Å². The van der Waals surface area contributed by atoms with E-state index in [1.807, 2.05) is 36.4 Å². The summed E-state index contributed by atoms with van der Waals surface area (Å²) in [7, 11) is 0. The molecule has 152 valence electrons. The second kappa shape index (κ2) is 10.6. The third-order valence-electron chi connectivity index (χ3n) is 4.62. The monoisotopic (exact) mass is 410 g/mol. The van der Waals surface area contributed by atoms with Gasteiger partial charge in [-0.1, -0.05) is 61.0 Å². The molecule has 0 radical (unpaired) electrons. The first-order valence-corrected chi connectivity index (χ1v) is 10.2. The van der Waals surface area contributed by atoms with Crippen LogP contribution in [0.3, 0.4) is 0 Å². The highest BCUT2D eigenvalue weighted by molar-refractivity contribution is 6.30. The van der Waals surface area contributed by atoms with Gasteiger partial charge in [0, 0.05) is 24.5 Å². The summed E-state index contributed by atoms with van der Waals surface area (Å²) in [5.41, 5.74) is 2.27. The molecule has 7 heteroatoms. The molecule has 2 aromatic carbocycles. The fourth-order valence-electron chi connectivity index (χ4n) is 3.00. The summed E-state index contributed by atoms with van der Waals surface area (Å²) in [5.74, 6) is 1.74. The van der Waals surface area contributed by atoms with Crippen molar-refractivity contribution < 1.29 is 0 Å². The Kier molecular flexibility index (Phi) is 7.64. The fourth-order valence-corrected chi connectivity index (χ4v) is 3.20. The van der Waals surface area contributed by atoms with Crippen molar-refractivity contribution in [1.82, 2.24) is 25.4 Å². The van der Waals surface area contributed by atoms with Gasteiger partial charge in [0.05, 0.1) is 12.6 Å². The van der Waals surface area contributed by atoms with Gasteiger partial charge in [-0.25, -0.2) is 4.99 Å². The van der Waals surface area contributed by atoms with Gasteiger partial charge in [-0.3, -0.25) is 0 Å². The normalized spacial score (nSPS) is 12.6. The molecule has 0 bridgehead atoms. The molecule has 29 heavy (non-hydrogen) atoms. The van der Waals surface area contributed by atoms with Crippen molar-refractivity contribution in [1.29, 1.82) is 0 Å². The van der Waals surface area contributed by atoms with E-state index in [2.05, 4.69) is 57.4 Å². The molecule has 0 fully saturated rings. The molecule has 0 aliphatic heterocycles. The number of guanidine groups is 1. The first-order valence-electron chi connectivity index (χ1n) is 9.86. The van der Waals surface area contributed by atoms with Crippen molar-refractivity contribution in [2.24, 2.45) is 4.99 Å². The summed E-state index contributed by atoms with van der Waals surface area (Å²) in [5, 5.41) is 15.8. The van der Waals surface area contributed by atoms with Gasteiger partial charge in [0.15, 0.2) is 5.96 Å². The van der Waals surface area contributed by atoms with E-state index in [0.29, 0.717) is 13.1 Å². The maximum atomic E-state index is 6.15. The van der Waals surface area contributed by atoms with Gasteiger partial charge in [-0.05, 0) is 30.2 Å². The lowest BCUT2D eigenvalue weighted by Gasteiger charge is -2.19. The van der Waals surface area contributed by atoms with Crippen molar-refractivity contribution in [3.8, 4) is 0 Å². The van der Waals surface area contributed by atoms with E-state index in [4.69, 9.17) is 16.6 Å². The summed E-state index contributed by atoms with van der Waals surface area (Å²) in [4.78, 5) is 4.76. The number of nitrogens with one attached hydrogen (secondary N) is 2. The van der Waals surface area contributed by atoms with Crippen molar-refractivity contribution in [2.45, 2.75) is 39.4 Å². The van der Waals surface area contributed by atoms with Crippen LogP contribution in [-0.2, 0) is 19.5 Å². The van der Waals surface area contributed by atoms with Crippen molar-refractivity contribution >= 4 is 17.6 Å². The third-order valence-corrected chi connectivity index (χ3v) is 4.86. The zero-order valence-electron chi connectivity index (χ0n) is 16.8. The Bertz CT molecular complexity index is 922. The summed E-state index contributed by atoms with van der Waals surface area (Å²) in [6.07, 6.45) is 2.63. The van der Waals surface area contributed by atoms with Crippen LogP contribution in [0.4, 0.5) is 0 Å². The number of hydrogen-bond acceptors (Lipinski definition) is 3. The lowest BCUT2D eigenvalue weighted by atomic mass is 10.1. The predicted molar refractivity (Wildman–Crippen MR) is 118 cm³/mol. The molecule has 0 saturated heterocycles. The average molecular weight is 411 g/mol. The molecule has 3 rings (SSSR count). The van der Waals surface area contributed by atoms with Crippen molar-refractivity contribution in [3.05, 3.63) is 82.9 Å². The number of aromatic nitrogens is 3. The van der Waals surface area contributed by atoms with E-state index in [1.165, 1.54) is 0 Å². The molecule has 1 atom stereocenters. The van der Waals surface area contributed by atoms with Crippen molar-refractivity contribution in [3.63, 3.8) is 0 Å². The summed E-state index contributed by atoms with van der Waals surface area (Å²) >= 11 is 6.15. The molecule has 3 aromatic rings. The van der Waals surface area contributed by atoms with Crippen LogP contribution in [0.15, 0.2) is 65.9 Å². The van der Waals surface area contributed by atoms with Gasteiger partial charge in [0.25, 0.3) is 0 Å². The standard InChI is InChI=1S/C22H27ClN6/c1-3-21-28-26-16-29(21)13-12-24-22(25-15-18-8-5-4-6-9-18)27-17(2)19-10-7-11-20(23)14-19/h4-11,14,16-17H,3,12-13,15H2,1-2H3,(H2,24,25,27). The number of rotatable bonds is 8. The minimum absolute atomic E-state index is 0.0665. The molecule has 6 nitrogen and oxygen atoms in total. The number of hydrogen-bond donors (Lipinski definition) is 2. The largest absolute Gasteiger partial charge is 0.355 e. The molecular formula is C22H27ClN6. The first kappa shape index (κ1) is 20.9. The van der Waals surface area contributed by atoms with E-state index in [1.54, 1.807) is 6.33 Å². The lowest BCUT2D eigenvalue weighted by Crippen LogP contribution is -2.40. The summed E-state index contributed by atoms with van der Waals surface area (Å²) in [6, 6.07) is 18.2. The zero-order chi connectivity index (χ0) is 20.5. The first-order chi connectivity index (χ1) is 14.2. The zero-order valence-corrected chi connectivity index (χ0v) is 17.6. The Morgan fingerprint density at radius 1 is 1.17 bits per heavy atom. The second-order valence-electron chi connectivity index (χ2n) is 6.79. The van der Waals surface area contributed by atoms with Crippen LogP contribution in [0.1, 0.15) is 36.8 Å². The lowest BCUT2D eigenvalue weighted by molar-refractivity contribution is 0.619. The highest BCUT2D eigenvalue weighted by Crippen LogP contribution is 2.17. The van der Waals surface area contributed by atoms with Gasteiger partial charge < -0.3 is 15.2 Å². The van der Waals surface area contributed by atoms with Gasteiger partial charge in [0.1, 0.15) is 12.2 Å². The smallest absolute Gasteiger partial charge is 0.192 e. The van der Waals surface area contributed by atoms with Crippen LogP contribution in [-0.4, -0.2) is 27.3 Å². The molecule has 0 amide bonds. The van der Waals surface area contributed by atoms with Crippen LogP contribution in [0, 0.1) is 0 Å². The minimum Gasteiger partial charge on any atom is -0.355 e. The topological polar surface area (TPSA) is 67.1 Å². The number of nitrogens with zero attached hydrogens (tertiary/aromatic N) is 4. The van der Waals surface area contributed by atoms with E-state index in [9.17, 15) is 0 Å². The Morgan fingerprint density at radius 3 is 2.76 bits per heavy atom. The number of halogens is 1. The second-order valence-corrected chi connectivity index (χ2v) is 7.23. The maximum absolute atomic E-state index is 6.15. The number of aliphatic imine (C=N–C) groups is 1. The number of benzene rings is 2. The molecule has 2 N–H and O–H groups in total. The Morgan fingerprint density at radius 2 is 2.00 bits per heavy atom. The quantitative estimate of drug-likeness (QED) is 0.435. The Labute approximate surface area is 177 Å². The SMILES string of the molecule is CCc1nncn1CCNC(=NCc1ccccc1)NC(C)c1cccc(Cl)c1. The fraction of sp³-hybridized carbons (Fsp3) is 0.318. The molecular weight excluding hydrogens is 384 g/mol. The van der Waals surface area contributed by atoms with Gasteiger partial charge >= 0.3 is 0 Å².